The third-order valence-corrected chi connectivity index (χ3v) is 5.63. The Balaban J connectivity index is 2.39. The second-order valence-corrected chi connectivity index (χ2v) is 8.25. The van der Waals surface area contributed by atoms with Gasteiger partial charge in [-0.25, -0.2) is 8.42 Å². The number of amides is 1. The van der Waals surface area contributed by atoms with Crippen LogP contribution in [0.4, 0.5) is 11.4 Å². The molecule has 0 radical (unpaired) electrons. The van der Waals surface area contributed by atoms with E-state index in [-0.39, 0.29) is 0 Å². The number of rotatable bonds is 7. The van der Waals surface area contributed by atoms with Gasteiger partial charge in [0.05, 0.1) is 19.1 Å². The molecule has 0 saturated carbocycles. The standard InChI is InChI=1S/C20H26N2O4S/c1-6-16-10-7-9-14(2)19(16)21-20(23)15(3)22(27(5,24)25)17-11-8-12-18(13-17)26-4/h7-13,15H,6H2,1-5H3,(H,21,23)/t15-/m1/s1. The molecule has 0 aromatic heterocycles. The molecule has 2 aromatic carbocycles. The van der Waals surface area contributed by atoms with Gasteiger partial charge in [-0.2, -0.15) is 0 Å². The normalized spacial score (nSPS) is 12.3. The van der Waals surface area contributed by atoms with E-state index in [1.54, 1.807) is 31.2 Å². The summed E-state index contributed by atoms with van der Waals surface area (Å²) in [6.07, 6.45) is 1.85. The SMILES string of the molecule is CCc1cccc(C)c1NC(=O)[C@@H](C)N(c1cccc(OC)c1)S(C)(=O)=O. The first-order valence-corrected chi connectivity index (χ1v) is 10.6. The van der Waals surface area contributed by atoms with Crippen LogP contribution in [0.15, 0.2) is 42.5 Å². The van der Waals surface area contributed by atoms with Gasteiger partial charge < -0.3 is 10.1 Å². The molecule has 0 aliphatic heterocycles. The van der Waals surface area contributed by atoms with Gasteiger partial charge in [-0.15, -0.1) is 0 Å². The summed E-state index contributed by atoms with van der Waals surface area (Å²) in [5.74, 6) is 0.119. The highest BCUT2D eigenvalue weighted by Crippen LogP contribution is 2.27. The Morgan fingerprint density at radius 3 is 2.48 bits per heavy atom. The summed E-state index contributed by atoms with van der Waals surface area (Å²) in [5, 5.41) is 2.90. The molecule has 146 valence electrons. The molecule has 0 fully saturated rings. The van der Waals surface area contributed by atoms with E-state index in [4.69, 9.17) is 4.74 Å². The van der Waals surface area contributed by atoms with E-state index >= 15 is 0 Å². The zero-order valence-corrected chi connectivity index (χ0v) is 17.1. The fraction of sp³-hybridized carbons (Fsp3) is 0.350. The number of aryl methyl sites for hydroxylation is 2. The fourth-order valence-corrected chi connectivity index (χ4v) is 4.15. The minimum atomic E-state index is -3.69. The summed E-state index contributed by atoms with van der Waals surface area (Å²) < 4.78 is 31.1. The Labute approximate surface area is 161 Å². The lowest BCUT2D eigenvalue weighted by molar-refractivity contribution is -0.116. The van der Waals surface area contributed by atoms with E-state index in [1.807, 2.05) is 32.0 Å². The topological polar surface area (TPSA) is 75.7 Å². The highest BCUT2D eigenvalue weighted by atomic mass is 32.2. The Morgan fingerprint density at radius 1 is 1.22 bits per heavy atom. The van der Waals surface area contributed by atoms with E-state index in [0.29, 0.717) is 11.4 Å². The van der Waals surface area contributed by atoms with E-state index in [9.17, 15) is 13.2 Å². The van der Waals surface area contributed by atoms with E-state index in [1.165, 1.54) is 7.11 Å². The van der Waals surface area contributed by atoms with Gasteiger partial charge in [0.25, 0.3) is 0 Å². The largest absolute Gasteiger partial charge is 0.497 e. The molecule has 6 nitrogen and oxygen atoms in total. The molecule has 1 amide bonds. The van der Waals surface area contributed by atoms with Crippen LogP contribution in [0.2, 0.25) is 0 Å². The number of carbonyl (C=O) groups is 1. The predicted octanol–water partition coefficient (Wildman–Crippen LogP) is 3.36. The Kier molecular flexibility index (Phi) is 6.49. The van der Waals surface area contributed by atoms with Crippen molar-refractivity contribution in [2.75, 3.05) is 23.0 Å². The van der Waals surface area contributed by atoms with Crippen molar-refractivity contribution < 1.29 is 17.9 Å². The van der Waals surface area contributed by atoms with Crippen LogP contribution in [0, 0.1) is 6.92 Å². The van der Waals surface area contributed by atoms with Crippen molar-refractivity contribution in [2.45, 2.75) is 33.2 Å². The van der Waals surface area contributed by atoms with Crippen LogP contribution in [0.3, 0.4) is 0 Å². The van der Waals surface area contributed by atoms with Gasteiger partial charge in [0.2, 0.25) is 15.9 Å². The molecular formula is C20H26N2O4S. The molecule has 1 N–H and O–H groups in total. The van der Waals surface area contributed by atoms with Crippen LogP contribution < -0.4 is 14.4 Å². The maximum atomic E-state index is 12.9. The monoisotopic (exact) mass is 390 g/mol. The number of benzene rings is 2. The van der Waals surface area contributed by atoms with Crippen molar-refractivity contribution in [1.29, 1.82) is 0 Å². The molecule has 1 atom stereocenters. The summed E-state index contributed by atoms with van der Waals surface area (Å²) in [5.41, 5.74) is 3.04. The van der Waals surface area contributed by atoms with Gasteiger partial charge in [-0.3, -0.25) is 9.10 Å². The number of nitrogens with one attached hydrogen (secondary N) is 1. The number of methoxy groups -OCH3 is 1. The Hall–Kier alpha value is -2.54. The van der Waals surface area contributed by atoms with E-state index < -0.39 is 22.0 Å². The molecule has 0 aliphatic carbocycles. The maximum Gasteiger partial charge on any atom is 0.248 e. The summed E-state index contributed by atoms with van der Waals surface area (Å²) in [6.45, 7) is 5.49. The van der Waals surface area contributed by atoms with Crippen molar-refractivity contribution >= 4 is 27.3 Å². The number of carbonyl (C=O) groups excluding carboxylic acids is 1. The molecule has 2 aromatic rings. The molecule has 7 heteroatoms. The minimum Gasteiger partial charge on any atom is -0.497 e. The number of hydrogen-bond acceptors (Lipinski definition) is 4. The van der Waals surface area contributed by atoms with Gasteiger partial charge in [0, 0.05) is 11.8 Å². The maximum absolute atomic E-state index is 12.9. The number of hydrogen-bond donors (Lipinski definition) is 1. The Bertz CT molecular complexity index is 925. The molecular weight excluding hydrogens is 364 g/mol. The summed E-state index contributed by atoms with van der Waals surface area (Å²) in [4.78, 5) is 12.9. The predicted molar refractivity (Wildman–Crippen MR) is 109 cm³/mol. The number of anilines is 2. The molecule has 0 aliphatic rings. The zero-order chi connectivity index (χ0) is 20.2. The number of ether oxygens (including phenoxy) is 1. The fourth-order valence-electron chi connectivity index (χ4n) is 2.99. The quantitative estimate of drug-likeness (QED) is 0.787. The van der Waals surface area contributed by atoms with Crippen molar-refractivity contribution in [1.82, 2.24) is 0 Å². The van der Waals surface area contributed by atoms with Crippen molar-refractivity contribution in [3.63, 3.8) is 0 Å². The van der Waals surface area contributed by atoms with Gasteiger partial charge >= 0.3 is 0 Å². The van der Waals surface area contributed by atoms with Crippen LogP contribution in [0.1, 0.15) is 25.0 Å². The van der Waals surface area contributed by atoms with Crippen molar-refractivity contribution in [2.24, 2.45) is 0 Å². The number of sulfonamides is 1. The van der Waals surface area contributed by atoms with Crippen LogP contribution in [-0.2, 0) is 21.2 Å². The molecule has 27 heavy (non-hydrogen) atoms. The first kappa shape index (κ1) is 20.8. The van der Waals surface area contributed by atoms with Crippen LogP contribution >= 0.6 is 0 Å². The van der Waals surface area contributed by atoms with Gasteiger partial charge in [0.1, 0.15) is 11.8 Å². The summed E-state index contributed by atoms with van der Waals surface area (Å²) in [6, 6.07) is 11.5. The van der Waals surface area contributed by atoms with Crippen LogP contribution in [0.25, 0.3) is 0 Å². The first-order chi connectivity index (χ1) is 12.7. The number of nitrogens with zero attached hydrogens (tertiary/aromatic N) is 1. The molecule has 0 unspecified atom stereocenters. The molecule has 0 heterocycles. The Morgan fingerprint density at radius 2 is 1.89 bits per heavy atom. The lowest BCUT2D eigenvalue weighted by Gasteiger charge is -2.29. The second-order valence-electron chi connectivity index (χ2n) is 6.39. The van der Waals surface area contributed by atoms with Gasteiger partial charge in [-0.05, 0) is 43.5 Å². The van der Waals surface area contributed by atoms with E-state index in [2.05, 4.69) is 5.32 Å². The average Bonchev–Trinajstić information content (AvgIpc) is 2.62. The summed E-state index contributed by atoms with van der Waals surface area (Å²) >= 11 is 0. The second kappa shape index (κ2) is 8.43. The zero-order valence-electron chi connectivity index (χ0n) is 16.3. The van der Waals surface area contributed by atoms with E-state index in [0.717, 1.165) is 33.8 Å². The molecule has 0 saturated heterocycles. The van der Waals surface area contributed by atoms with Crippen LogP contribution in [-0.4, -0.2) is 33.7 Å². The third kappa shape index (κ3) is 4.80. The van der Waals surface area contributed by atoms with Crippen molar-refractivity contribution in [3.05, 3.63) is 53.6 Å². The third-order valence-electron chi connectivity index (χ3n) is 4.38. The highest BCUT2D eigenvalue weighted by Gasteiger charge is 2.30. The average molecular weight is 391 g/mol. The number of para-hydroxylation sites is 1. The van der Waals surface area contributed by atoms with Crippen LogP contribution in [0.5, 0.6) is 5.75 Å². The van der Waals surface area contributed by atoms with Crippen molar-refractivity contribution in [3.8, 4) is 5.75 Å². The smallest absolute Gasteiger partial charge is 0.248 e. The van der Waals surface area contributed by atoms with Gasteiger partial charge in [0.15, 0.2) is 0 Å². The summed E-state index contributed by atoms with van der Waals surface area (Å²) in [7, 11) is -2.18. The lowest BCUT2D eigenvalue weighted by Crippen LogP contribution is -2.45. The molecule has 0 bridgehead atoms. The minimum absolute atomic E-state index is 0.375. The van der Waals surface area contributed by atoms with Gasteiger partial charge in [-0.1, -0.05) is 31.2 Å². The molecule has 2 rings (SSSR count). The lowest BCUT2D eigenvalue weighted by atomic mass is 10.1. The first-order valence-electron chi connectivity index (χ1n) is 8.71. The highest BCUT2D eigenvalue weighted by molar-refractivity contribution is 7.92. The molecule has 0 spiro atoms.